The van der Waals surface area contributed by atoms with E-state index in [2.05, 4.69) is 6.58 Å². The number of carbonyl (C=O) groups excluding carboxylic acids is 1. The predicted molar refractivity (Wildman–Crippen MR) is 84.1 cm³/mol. The number of carbonyl (C=O) groups is 1. The van der Waals surface area contributed by atoms with Crippen molar-refractivity contribution in [3.05, 3.63) is 24.3 Å². The van der Waals surface area contributed by atoms with E-state index >= 15 is 0 Å². The fraction of sp³-hybridized carbons (Fsp3) is 0.706. The highest BCUT2D eigenvalue weighted by Gasteiger charge is 2.28. The van der Waals surface area contributed by atoms with Gasteiger partial charge in [0.2, 0.25) is 0 Å². The first-order valence-electron chi connectivity index (χ1n) is 7.99. The van der Waals surface area contributed by atoms with Gasteiger partial charge >= 0.3 is 5.97 Å². The molecule has 5 heteroatoms. The summed E-state index contributed by atoms with van der Waals surface area (Å²) in [5, 5.41) is 10.3. The van der Waals surface area contributed by atoms with Crippen LogP contribution in [-0.2, 0) is 19.0 Å². The summed E-state index contributed by atoms with van der Waals surface area (Å²) in [5.41, 5.74) is 0.373. The van der Waals surface area contributed by atoms with Crippen molar-refractivity contribution in [3.8, 4) is 0 Å². The molecule has 22 heavy (non-hydrogen) atoms. The van der Waals surface area contributed by atoms with Crippen molar-refractivity contribution < 1.29 is 24.1 Å². The molecular formula is C17H28O5. The lowest BCUT2D eigenvalue weighted by atomic mass is 10.1. The van der Waals surface area contributed by atoms with Gasteiger partial charge in [-0.1, -0.05) is 19.6 Å². The Balaban J connectivity index is 2.28. The highest BCUT2D eigenvalue weighted by atomic mass is 16.7. The van der Waals surface area contributed by atoms with E-state index in [-0.39, 0.29) is 12.7 Å². The molecule has 1 N–H and O–H groups in total. The summed E-state index contributed by atoms with van der Waals surface area (Å²) in [4.78, 5) is 11.4. The van der Waals surface area contributed by atoms with Crippen LogP contribution in [0.4, 0.5) is 0 Å². The maximum Gasteiger partial charge on any atom is 0.308 e. The van der Waals surface area contributed by atoms with Crippen LogP contribution in [0.2, 0.25) is 0 Å². The standard InChI is InChI=1S/C17H28O5/c1-4-15(18)22-17(19,14(2)3)11-7-5-8-12-20-16-10-6-9-13-21-16/h7,11,16,19H,2,4-6,8-10,12-13H2,1,3H3. The number of esters is 1. The first-order valence-corrected chi connectivity index (χ1v) is 7.99. The van der Waals surface area contributed by atoms with E-state index in [1.54, 1.807) is 19.9 Å². The third-order valence-corrected chi connectivity index (χ3v) is 3.47. The van der Waals surface area contributed by atoms with Crippen molar-refractivity contribution in [2.24, 2.45) is 0 Å². The molecule has 1 fully saturated rings. The highest BCUT2D eigenvalue weighted by molar-refractivity contribution is 5.69. The van der Waals surface area contributed by atoms with Crippen LogP contribution in [0.5, 0.6) is 0 Å². The minimum absolute atomic E-state index is 0.0735. The van der Waals surface area contributed by atoms with Crippen LogP contribution in [0.1, 0.15) is 52.4 Å². The number of ether oxygens (including phenoxy) is 3. The normalized spacial score (nSPS) is 21.5. The average molecular weight is 312 g/mol. The van der Waals surface area contributed by atoms with E-state index in [1.165, 1.54) is 6.08 Å². The third kappa shape index (κ3) is 6.73. The largest absolute Gasteiger partial charge is 0.425 e. The lowest BCUT2D eigenvalue weighted by Gasteiger charge is -2.24. The van der Waals surface area contributed by atoms with Gasteiger partial charge in [-0.2, -0.15) is 0 Å². The summed E-state index contributed by atoms with van der Waals surface area (Å²) in [5.74, 6) is -2.19. The quantitative estimate of drug-likeness (QED) is 0.307. The topological polar surface area (TPSA) is 65.0 Å². The highest BCUT2D eigenvalue weighted by Crippen LogP contribution is 2.20. The number of unbranched alkanes of at least 4 members (excludes halogenated alkanes) is 1. The van der Waals surface area contributed by atoms with Crippen LogP contribution in [0.15, 0.2) is 24.3 Å². The molecule has 0 aromatic heterocycles. The molecule has 1 heterocycles. The van der Waals surface area contributed by atoms with Crippen molar-refractivity contribution in [3.63, 3.8) is 0 Å². The van der Waals surface area contributed by atoms with E-state index in [9.17, 15) is 9.90 Å². The van der Waals surface area contributed by atoms with Crippen LogP contribution < -0.4 is 0 Å². The molecule has 0 radical (unpaired) electrons. The summed E-state index contributed by atoms with van der Waals surface area (Å²) in [6.45, 7) is 8.35. The molecule has 1 aliphatic heterocycles. The molecule has 0 aromatic rings. The minimum atomic E-state index is -1.72. The maximum atomic E-state index is 11.4. The monoisotopic (exact) mass is 312 g/mol. The smallest absolute Gasteiger partial charge is 0.308 e. The molecule has 126 valence electrons. The van der Waals surface area contributed by atoms with Gasteiger partial charge in [-0.3, -0.25) is 4.79 Å². The molecule has 1 saturated heterocycles. The van der Waals surface area contributed by atoms with E-state index in [0.717, 1.165) is 32.3 Å². The summed E-state index contributed by atoms with van der Waals surface area (Å²) in [7, 11) is 0. The molecular weight excluding hydrogens is 284 g/mol. The fourth-order valence-electron chi connectivity index (χ4n) is 2.01. The Morgan fingerprint density at radius 1 is 1.50 bits per heavy atom. The molecule has 2 unspecified atom stereocenters. The van der Waals surface area contributed by atoms with Crippen molar-refractivity contribution in [1.29, 1.82) is 0 Å². The Kier molecular flexibility index (Phi) is 8.38. The third-order valence-electron chi connectivity index (χ3n) is 3.47. The van der Waals surface area contributed by atoms with Crippen molar-refractivity contribution >= 4 is 5.97 Å². The minimum Gasteiger partial charge on any atom is -0.425 e. The fourth-order valence-corrected chi connectivity index (χ4v) is 2.01. The molecule has 5 nitrogen and oxygen atoms in total. The van der Waals surface area contributed by atoms with E-state index in [4.69, 9.17) is 14.2 Å². The van der Waals surface area contributed by atoms with Crippen molar-refractivity contribution in [1.82, 2.24) is 0 Å². The molecule has 1 rings (SSSR count). The lowest BCUT2D eigenvalue weighted by Crippen LogP contribution is -2.33. The Morgan fingerprint density at radius 2 is 2.27 bits per heavy atom. The summed E-state index contributed by atoms with van der Waals surface area (Å²) in [6.07, 6.45) is 8.13. The first kappa shape index (κ1) is 18.9. The number of hydrogen-bond acceptors (Lipinski definition) is 5. The SMILES string of the molecule is C=C(C)C(O)(C=CCCCOC1CCCCO1)OC(=O)CC. The van der Waals surface area contributed by atoms with Gasteiger partial charge < -0.3 is 19.3 Å². The van der Waals surface area contributed by atoms with Crippen LogP contribution in [0.3, 0.4) is 0 Å². The molecule has 0 bridgehead atoms. The van der Waals surface area contributed by atoms with E-state index < -0.39 is 11.8 Å². The first-order chi connectivity index (χ1) is 10.5. The summed E-state index contributed by atoms with van der Waals surface area (Å²) >= 11 is 0. The number of aliphatic hydroxyl groups is 1. The molecule has 0 aliphatic carbocycles. The number of rotatable bonds is 9. The van der Waals surface area contributed by atoms with Gasteiger partial charge in [0, 0.05) is 13.0 Å². The van der Waals surface area contributed by atoms with Gasteiger partial charge in [-0.25, -0.2) is 0 Å². The summed E-state index contributed by atoms with van der Waals surface area (Å²) < 4.78 is 16.1. The Bertz CT molecular complexity index is 385. The molecule has 0 saturated carbocycles. The van der Waals surface area contributed by atoms with Crippen LogP contribution in [-0.4, -0.2) is 36.4 Å². The van der Waals surface area contributed by atoms with Gasteiger partial charge in [0.15, 0.2) is 6.29 Å². The number of hydrogen-bond donors (Lipinski definition) is 1. The molecule has 2 atom stereocenters. The Labute approximate surface area is 132 Å². The zero-order chi connectivity index (χ0) is 16.4. The van der Waals surface area contributed by atoms with E-state index in [0.29, 0.717) is 18.6 Å². The van der Waals surface area contributed by atoms with E-state index in [1.807, 2.05) is 0 Å². The maximum absolute atomic E-state index is 11.4. The van der Waals surface area contributed by atoms with Crippen molar-refractivity contribution in [2.45, 2.75) is 64.4 Å². The van der Waals surface area contributed by atoms with Gasteiger partial charge in [-0.05, 0) is 50.7 Å². The second kappa shape index (κ2) is 9.77. The van der Waals surface area contributed by atoms with Crippen molar-refractivity contribution in [2.75, 3.05) is 13.2 Å². The van der Waals surface area contributed by atoms with Gasteiger partial charge in [0.1, 0.15) is 0 Å². The zero-order valence-electron chi connectivity index (χ0n) is 13.7. The Hall–Kier alpha value is -1.17. The summed E-state index contributed by atoms with van der Waals surface area (Å²) in [6, 6.07) is 0. The molecule has 0 spiro atoms. The lowest BCUT2D eigenvalue weighted by molar-refractivity contribution is -0.179. The molecule has 0 amide bonds. The Morgan fingerprint density at radius 3 is 2.86 bits per heavy atom. The molecule has 0 aromatic carbocycles. The van der Waals surface area contributed by atoms with Gasteiger partial charge in [0.25, 0.3) is 5.79 Å². The average Bonchev–Trinajstić information content (AvgIpc) is 2.51. The molecule has 1 aliphatic rings. The van der Waals surface area contributed by atoms with Crippen LogP contribution >= 0.6 is 0 Å². The number of allylic oxidation sites excluding steroid dienone is 1. The van der Waals surface area contributed by atoms with Crippen LogP contribution in [0, 0.1) is 0 Å². The predicted octanol–water partition coefficient (Wildman–Crippen LogP) is 3.08. The zero-order valence-corrected chi connectivity index (χ0v) is 13.7. The van der Waals surface area contributed by atoms with Gasteiger partial charge in [0.05, 0.1) is 6.61 Å². The second-order valence-corrected chi connectivity index (χ2v) is 5.52. The van der Waals surface area contributed by atoms with Gasteiger partial charge in [-0.15, -0.1) is 0 Å². The second-order valence-electron chi connectivity index (χ2n) is 5.52. The van der Waals surface area contributed by atoms with Crippen LogP contribution in [0.25, 0.3) is 0 Å².